The first-order valence-electron chi connectivity index (χ1n) is 4.18. The molecule has 1 aromatic rings. The molecule has 0 saturated heterocycles. The maximum absolute atomic E-state index is 5.53. The van der Waals surface area contributed by atoms with E-state index in [-0.39, 0.29) is 12.4 Å². The number of nitrogen functional groups attached to an aromatic ring is 1. The molecule has 1 aromatic heterocycles. The summed E-state index contributed by atoms with van der Waals surface area (Å²) in [7, 11) is 0. The summed E-state index contributed by atoms with van der Waals surface area (Å²) in [6.45, 7) is 7.35. The van der Waals surface area contributed by atoms with E-state index in [0.29, 0.717) is 5.13 Å². The molecule has 76 valence electrons. The second-order valence-corrected chi connectivity index (χ2v) is 3.53. The van der Waals surface area contributed by atoms with E-state index in [4.69, 9.17) is 5.73 Å². The third kappa shape index (κ3) is 3.93. The minimum Gasteiger partial charge on any atom is -0.375 e. The Hall–Kier alpha value is -0.320. The summed E-state index contributed by atoms with van der Waals surface area (Å²) in [6, 6.07) is 0. The van der Waals surface area contributed by atoms with E-state index < -0.39 is 0 Å². The van der Waals surface area contributed by atoms with Gasteiger partial charge in [0.1, 0.15) is 0 Å². The molecular weight excluding hydrogens is 206 g/mol. The lowest BCUT2D eigenvalue weighted by atomic mass is 10.4. The Morgan fingerprint density at radius 3 is 2.46 bits per heavy atom. The van der Waals surface area contributed by atoms with Gasteiger partial charge < -0.3 is 5.73 Å². The van der Waals surface area contributed by atoms with Gasteiger partial charge in [-0.2, -0.15) is 0 Å². The van der Waals surface area contributed by atoms with Crippen LogP contribution in [0.25, 0.3) is 0 Å². The van der Waals surface area contributed by atoms with Crippen molar-refractivity contribution < 1.29 is 0 Å². The zero-order chi connectivity index (χ0) is 8.97. The number of hydrogen-bond acceptors (Lipinski definition) is 4. The molecule has 0 aliphatic rings. The minimum absolute atomic E-state index is 0. The number of aromatic nitrogens is 1. The van der Waals surface area contributed by atoms with Crippen molar-refractivity contribution in [3.05, 3.63) is 11.1 Å². The molecule has 1 heterocycles. The van der Waals surface area contributed by atoms with E-state index in [0.717, 1.165) is 25.3 Å². The van der Waals surface area contributed by atoms with Crippen LogP contribution in [0.15, 0.2) is 5.38 Å². The van der Waals surface area contributed by atoms with Gasteiger partial charge in [0.15, 0.2) is 5.13 Å². The van der Waals surface area contributed by atoms with Crippen LogP contribution >= 0.6 is 23.7 Å². The zero-order valence-electron chi connectivity index (χ0n) is 7.99. The largest absolute Gasteiger partial charge is 0.375 e. The highest BCUT2D eigenvalue weighted by Crippen LogP contribution is 2.12. The van der Waals surface area contributed by atoms with Crippen molar-refractivity contribution in [3.8, 4) is 0 Å². The van der Waals surface area contributed by atoms with Crippen LogP contribution in [0.1, 0.15) is 19.5 Å². The molecule has 1 rings (SSSR count). The van der Waals surface area contributed by atoms with E-state index in [1.807, 2.05) is 5.38 Å². The second kappa shape index (κ2) is 6.18. The maximum atomic E-state index is 5.53. The molecule has 0 unspecified atom stereocenters. The SMILES string of the molecule is CCN(CC)Cc1csc(N)n1.Cl. The first kappa shape index (κ1) is 12.7. The van der Waals surface area contributed by atoms with Crippen LogP contribution in [0, 0.1) is 0 Å². The Kier molecular flexibility index (Phi) is 6.03. The van der Waals surface area contributed by atoms with Crippen molar-refractivity contribution in [2.24, 2.45) is 0 Å². The smallest absolute Gasteiger partial charge is 0.180 e. The van der Waals surface area contributed by atoms with Gasteiger partial charge in [-0.15, -0.1) is 23.7 Å². The van der Waals surface area contributed by atoms with Crippen molar-refractivity contribution in [1.82, 2.24) is 9.88 Å². The van der Waals surface area contributed by atoms with Gasteiger partial charge in [-0.05, 0) is 13.1 Å². The van der Waals surface area contributed by atoms with E-state index in [1.54, 1.807) is 0 Å². The van der Waals surface area contributed by atoms with Crippen LogP contribution in [0.5, 0.6) is 0 Å². The summed E-state index contributed by atoms with van der Waals surface area (Å²) >= 11 is 1.51. The standard InChI is InChI=1S/C8H15N3S.ClH/c1-3-11(4-2)5-7-6-12-8(9)10-7;/h6H,3-5H2,1-2H3,(H2,9,10);1H. The molecule has 3 nitrogen and oxygen atoms in total. The molecule has 0 radical (unpaired) electrons. The minimum atomic E-state index is 0. The number of nitrogens with zero attached hydrogens (tertiary/aromatic N) is 2. The third-order valence-electron chi connectivity index (χ3n) is 1.85. The van der Waals surface area contributed by atoms with Gasteiger partial charge in [-0.1, -0.05) is 13.8 Å². The molecule has 0 aromatic carbocycles. The van der Waals surface area contributed by atoms with E-state index in [2.05, 4.69) is 23.7 Å². The van der Waals surface area contributed by atoms with Crippen LogP contribution in [0.2, 0.25) is 0 Å². The van der Waals surface area contributed by atoms with E-state index in [9.17, 15) is 0 Å². The van der Waals surface area contributed by atoms with Crippen LogP contribution in [-0.2, 0) is 6.54 Å². The highest BCUT2D eigenvalue weighted by Gasteiger charge is 2.03. The first-order chi connectivity index (χ1) is 5.76. The molecule has 0 atom stereocenters. The average Bonchev–Trinajstić information content (AvgIpc) is 2.47. The Morgan fingerprint density at radius 2 is 2.08 bits per heavy atom. The predicted octanol–water partition coefficient (Wildman–Crippen LogP) is 1.99. The van der Waals surface area contributed by atoms with E-state index >= 15 is 0 Å². The van der Waals surface area contributed by atoms with Gasteiger partial charge in [0, 0.05) is 11.9 Å². The topological polar surface area (TPSA) is 42.1 Å². The Labute approximate surface area is 89.4 Å². The number of nitrogens with two attached hydrogens (primary N) is 1. The van der Waals surface area contributed by atoms with Crippen molar-refractivity contribution in [3.63, 3.8) is 0 Å². The summed E-state index contributed by atoms with van der Waals surface area (Å²) in [5.41, 5.74) is 6.61. The maximum Gasteiger partial charge on any atom is 0.180 e. The average molecular weight is 222 g/mol. The summed E-state index contributed by atoms with van der Waals surface area (Å²) in [5.74, 6) is 0. The molecule has 0 aliphatic carbocycles. The molecule has 2 N–H and O–H groups in total. The fourth-order valence-electron chi connectivity index (χ4n) is 1.07. The molecule has 0 aliphatic heterocycles. The highest BCUT2D eigenvalue weighted by atomic mass is 35.5. The Morgan fingerprint density at radius 1 is 1.46 bits per heavy atom. The lowest BCUT2D eigenvalue weighted by Gasteiger charge is -2.15. The lowest BCUT2D eigenvalue weighted by Crippen LogP contribution is -2.22. The number of hydrogen-bond donors (Lipinski definition) is 1. The van der Waals surface area contributed by atoms with Crippen LogP contribution in [-0.4, -0.2) is 23.0 Å². The number of anilines is 1. The predicted molar refractivity (Wildman–Crippen MR) is 60.4 cm³/mol. The summed E-state index contributed by atoms with van der Waals surface area (Å²) in [6.07, 6.45) is 0. The molecule has 5 heteroatoms. The third-order valence-corrected chi connectivity index (χ3v) is 2.57. The number of halogens is 1. The quantitative estimate of drug-likeness (QED) is 0.846. The van der Waals surface area contributed by atoms with Crippen LogP contribution < -0.4 is 5.73 Å². The monoisotopic (exact) mass is 221 g/mol. The van der Waals surface area contributed by atoms with Crippen molar-refractivity contribution >= 4 is 28.9 Å². The molecule has 0 saturated carbocycles. The Balaban J connectivity index is 0.00000144. The van der Waals surface area contributed by atoms with Crippen molar-refractivity contribution in [2.75, 3.05) is 18.8 Å². The summed E-state index contributed by atoms with van der Waals surface area (Å²) < 4.78 is 0. The molecular formula is C8H16ClN3S. The van der Waals surface area contributed by atoms with E-state index in [1.165, 1.54) is 11.3 Å². The van der Waals surface area contributed by atoms with Gasteiger partial charge in [-0.25, -0.2) is 4.98 Å². The highest BCUT2D eigenvalue weighted by molar-refractivity contribution is 7.13. The lowest BCUT2D eigenvalue weighted by molar-refractivity contribution is 0.293. The van der Waals surface area contributed by atoms with Crippen LogP contribution in [0.3, 0.4) is 0 Å². The first-order valence-corrected chi connectivity index (χ1v) is 5.06. The molecule has 13 heavy (non-hydrogen) atoms. The summed E-state index contributed by atoms with van der Waals surface area (Å²) in [4.78, 5) is 6.52. The van der Waals surface area contributed by atoms with Gasteiger partial charge in [-0.3, -0.25) is 4.90 Å². The fourth-order valence-corrected chi connectivity index (χ4v) is 1.63. The van der Waals surface area contributed by atoms with Crippen molar-refractivity contribution in [1.29, 1.82) is 0 Å². The molecule has 0 spiro atoms. The number of rotatable bonds is 4. The van der Waals surface area contributed by atoms with Gasteiger partial charge in [0.05, 0.1) is 5.69 Å². The fraction of sp³-hybridized carbons (Fsp3) is 0.625. The van der Waals surface area contributed by atoms with Crippen LogP contribution in [0.4, 0.5) is 5.13 Å². The zero-order valence-corrected chi connectivity index (χ0v) is 9.62. The molecule has 0 amide bonds. The second-order valence-electron chi connectivity index (χ2n) is 2.64. The van der Waals surface area contributed by atoms with Gasteiger partial charge in [0.2, 0.25) is 0 Å². The molecule has 0 fully saturated rings. The number of thiazole rings is 1. The normalized spacial score (nSPS) is 10.1. The summed E-state index contributed by atoms with van der Waals surface area (Å²) in [5, 5.41) is 2.69. The van der Waals surface area contributed by atoms with Gasteiger partial charge in [0.25, 0.3) is 0 Å². The molecule has 0 bridgehead atoms. The van der Waals surface area contributed by atoms with Gasteiger partial charge >= 0.3 is 0 Å². The van der Waals surface area contributed by atoms with Crippen molar-refractivity contribution in [2.45, 2.75) is 20.4 Å². The Bertz CT molecular complexity index is 235.